The van der Waals surface area contributed by atoms with Crippen LogP contribution in [-0.4, -0.2) is 54.8 Å². The zero-order valence-corrected chi connectivity index (χ0v) is 14.4. The predicted octanol–water partition coefficient (Wildman–Crippen LogP) is 1.02. The van der Waals surface area contributed by atoms with Crippen molar-refractivity contribution >= 4 is 5.91 Å². The quantitative estimate of drug-likeness (QED) is 0.897. The molecule has 0 aromatic carbocycles. The first-order valence-electron chi connectivity index (χ1n) is 8.94. The Bertz CT molecular complexity index is 627. The highest BCUT2D eigenvalue weighted by molar-refractivity contribution is 5.95. The van der Waals surface area contributed by atoms with Crippen molar-refractivity contribution < 1.29 is 9.53 Å². The number of nitrogens with one attached hydrogen (secondary N) is 1. The van der Waals surface area contributed by atoms with Gasteiger partial charge in [0.15, 0.2) is 0 Å². The molecule has 1 unspecified atom stereocenters. The van der Waals surface area contributed by atoms with E-state index >= 15 is 0 Å². The van der Waals surface area contributed by atoms with Gasteiger partial charge in [0.1, 0.15) is 5.56 Å². The number of aryl methyl sites for hydroxylation is 1. The molecule has 1 N–H and O–H groups in total. The van der Waals surface area contributed by atoms with Gasteiger partial charge in [0.05, 0.1) is 6.61 Å². The van der Waals surface area contributed by atoms with Crippen LogP contribution in [0.4, 0.5) is 0 Å². The van der Waals surface area contributed by atoms with Gasteiger partial charge in [-0.15, -0.1) is 0 Å². The molecular formula is C18H27N3O3. The van der Waals surface area contributed by atoms with Crippen LogP contribution in [-0.2, 0) is 11.3 Å². The number of aromatic nitrogens is 1. The summed E-state index contributed by atoms with van der Waals surface area (Å²) in [5.41, 5.74) is 0.923. The molecular weight excluding hydrogens is 306 g/mol. The molecule has 2 saturated heterocycles. The van der Waals surface area contributed by atoms with Crippen LogP contribution in [0.15, 0.2) is 17.1 Å². The van der Waals surface area contributed by atoms with Crippen molar-refractivity contribution in [2.24, 2.45) is 5.92 Å². The molecule has 0 radical (unpaired) electrons. The third-order valence-corrected chi connectivity index (χ3v) is 4.95. The van der Waals surface area contributed by atoms with Gasteiger partial charge in [-0.25, -0.2) is 0 Å². The molecule has 1 aromatic heterocycles. The van der Waals surface area contributed by atoms with E-state index in [0.717, 1.165) is 37.9 Å². The Kier molecular flexibility index (Phi) is 5.68. The monoisotopic (exact) mass is 333 g/mol. The Balaban J connectivity index is 1.82. The third kappa shape index (κ3) is 3.87. The molecule has 2 aliphatic rings. The second-order valence-corrected chi connectivity index (χ2v) is 6.80. The number of rotatable bonds is 3. The molecule has 6 heteroatoms. The first-order chi connectivity index (χ1) is 11.7. The van der Waals surface area contributed by atoms with Crippen molar-refractivity contribution in [3.63, 3.8) is 0 Å². The number of pyridine rings is 1. The van der Waals surface area contributed by atoms with Gasteiger partial charge in [0.25, 0.3) is 11.5 Å². The fourth-order valence-electron chi connectivity index (χ4n) is 3.53. The Morgan fingerprint density at radius 2 is 2.21 bits per heavy atom. The molecule has 0 spiro atoms. The molecule has 2 aliphatic heterocycles. The van der Waals surface area contributed by atoms with E-state index in [0.29, 0.717) is 44.3 Å². The van der Waals surface area contributed by atoms with Crippen LogP contribution in [0, 0.1) is 12.8 Å². The van der Waals surface area contributed by atoms with Crippen LogP contribution in [0.3, 0.4) is 0 Å². The summed E-state index contributed by atoms with van der Waals surface area (Å²) in [5.74, 6) is 0.299. The molecule has 0 bridgehead atoms. The fraction of sp³-hybridized carbons (Fsp3) is 0.667. The summed E-state index contributed by atoms with van der Waals surface area (Å²) in [6, 6.07) is 1.89. The summed E-state index contributed by atoms with van der Waals surface area (Å²) in [6.07, 6.45) is 4.92. The number of ether oxygens (including phenoxy) is 1. The van der Waals surface area contributed by atoms with Crippen LogP contribution in [0.5, 0.6) is 0 Å². The van der Waals surface area contributed by atoms with Crippen molar-refractivity contribution in [1.82, 2.24) is 14.8 Å². The van der Waals surface area contributed by atoms with E-state index in [9.17, 15) is 9.59 Å². The average molecular weight is 333 g/mol. The summed E-state index contributed by atoms with van der Waals surface area (Å²) in [5, 5.41) is 3.38. The standard InChI is InChI=1S/C18H27N3O3/c1-14-5-8-21(13-15-4-2-6-19-12-15)18(23)16(14)17(22)20-7-3-10-24-11-9-20/h5,8,15,19H,2-4,6-7,9-13H2,1H3. The molecule has 0 saturated carbocycles. The molecule has 0 aliphatic carbocycles. The zero-order chi connectivity index (χ0) is 16.9. The summed E-state index contributed by atoms with van der Waals surface area (Å²) < 4.78 is 7.13. The van der Waals surface area contributed by atoms with E-state index in [1.54, 1.807) is 9.47 Å². The highest BCUT2D eigenvalue weighted by Crippen LogP contribution is 2.13. The normalized spacial score (nSPS) is 22.2. The highest BCUT2D eigenvalue weighted by Gasteiger charge is 2.24. The number of nitrogens with zero attached hydrogens (tertiary/aromatic N) is 2. The topological polar surface area (TPSA) is 63.6 Å². The molecule has 3 heterocycles. The predicted molar refractivity (Wildman–Crippen MR) is 92.4 cm³/mol. The largest absolute Gasteiger partial charge is 0.380 e. The summed E-state index contributed by atoms with van der Waals surface area (Å²) in [6.45, 7) is 6.94. The van der Waals surface area contributed by atoms with E-state index in [-0.39, 0.29) is 11.5 Å². The number of carbonyl (C=O) groups is 1. The smallest absolute Gasteiger partial charge is 0.263 e. The van der Waals surface area contributed by atoms with Gasteiger partial charge in [-0.05, 0) is 56.8 Å². The zero-order valence-electron chi connectivity index (χ0n) is 14.4. The second-order valence-electron chi connectivity index (χ2n) is 6.80. The van der Waals surface area contributed by atoms with Gasteiger partial charge in [-0.3, -0.25) is 9.59 Å². The maximum absolute atomic E-state index is 12.9. The highest BCUT2D eigenvalue weighted by atomic mass is 16.5. The molecule has 6 nitrogen and oxygen atoms in total. The first kappa shape index (κ1) is 17.2. The number of carbonyl (C=O) groups excluding carboxylic acids is 1. The molecule has 2 fully saturated rings. The second kappa shape index (κ2) is 7.94. The van der Waals surface area contributed by atoms with Crippen LogP contribution < -0.4 is 10.9 Å². The van der Waals surface area contributed by atoms with Gasteiger partial charge in [-0.1, -0.05) is 0 Å². The number of piperidine rings is 1. The number of amides is 1. The van der Waals surface area contributed by atoms with Gasteiger partial charge in [0, 0.05) is 32.4 Å². The van der Waals surface area contributed by atoms with E-state index in [1.165, 1.54) is 0 Å². The minimum absolute atomic E-state index is 0.154. The van der Waals surface area contributed by atoms with Crippen LogP contribution in [0.1, 0.15) is 35.2 Å². The van der Waals surface area contributed by atoms with Crippen molar-refractivity contribution in [1.29, 1.82) is 0 Å². The Morgan fingerprint density at radius 1 is 1.33 bits per heavy atom. The van der Waals surface area contributed by atoms with Gasteiger partial charge >= 0.3 is 0 Å². The minimum atomic E-state index is -0.157. The molecule has 1 amide bonds. The average Bonchev–Trinajstić information content (AvgIpc) is 2.88. The summed E-state index contributed by atoms with van der Waals surface area (Å²) in [7, 11) is 0. The van der Waals surface area contributed by atoms with Crippen molar-refractivity contribution in [2.45, 2.75) is 32.7 Å². The van der Waals surface area contributed by atoms with Crippen molar-refractivity contribution in [2.75, 3.05) is 39.4 Å². The summed E-state index contributed by atoms with van der Waals surface area (Å²) >= 11 is 0. The number of hydrogen-bond acceptors (Lipinski definition) is 4. The van der Waals surface area contributed by atoms with Crippen molar-refractivity contribution in [3.8, 4) is 0 Å². The van der Waals surface area contributed by atoms with E-state index in [1.807, 2.05) is 19.2 Å². The minimum Gasteiger partial charge on any atom is -0.380 e. The third-order valence-electron chi connectivity index (χ3n) is 4.95. The van der Waals surface area contributed by atoms with Crippen LogP contribution >= 0.6 is 0 Å². The first-order valence-corrected chi connectivity index (χ1v) is 8.94. The lowest BCUT2D eigenvalue weighted by molar-refractivity contribution is 0.0738. The van der Waals surface area contributed by atoms with Gasteiger partial charge in [-0.2, -0.15) is 0 Å². The molecule has 3 rings (SSSR count). The van der Waals surface area contributed by atoms with Crippen LogP contribution in [0.2, 0.25) is 0 Å². The SMILES string of the molecule is Cc1ccn(CC2CCCNC2)c(=O)c1C(=O)N1CCCOCC1. The van der Waals surface area contributed by atoms with Crippen molar-refractivity contribution in [3.05, 3.63) is 33.7 Å². The van der Waals surface area contributed by atoms with E-state index in [4.69, 9.17) is 4.74 Å². The molecule has 24 heavy (non-hydrogen) atoms. The Labute approximate surface area is 142 Å². The van der Waals surface area contributed by atoms with Gasteiger partial charge < -0.3 is 19.5 Å². The maximum atomic E-state index is 12.9. The maximum Gasteiger partial charge on any atom is 0.263 e. The van der Waals surface area contributed by atoms with E-state index < -0.39 is 0 Å². The van der Waals surface area contributed by atoms with Crippen LogP contribution in [0.25, 0.3) is 0 Å². The fourth-order valence-corrected chi connectivity index (χ4v) is 3.53. The molecule has 1 aromatic rings. The molecule has 132 valence electrons. The lowest BCUT2D eigenvalue weighted by Crippen LogP contribution is -2.40. The number of hydrogen-bond donors (Lipinski definition) is 1. The lowest BCUT2D eigenvalue weighted by atomic mass is 9.99. The Morgan fingerprint density at radius 3 is 3.00 bits per heavy atom. The Hall–Kier alpha value is -1.66. The van der Waals surface area contributed by atoms with E-state index in [2.05, 4.69) is 5.32 Å². The van der Waals surface area contributed by atoms with Gasteiger partial charge in [0.2, 0.25) is 0 Å². The lowest BCUT2D eigenvalue weighted by Gasteiger charge is -2.24. The summed E-state index contributed by atoms with van der Waals surface area (Å²) in [4.78, 5) is 27.5. The molecule has 1 atom stereocenters.